The summed E-state index contributed by atoms with van der Waals surface area (Å²) < 4.78 is 34.2. The highest BCUT2D eigenvalue weighted by atomic mass is 19.2. The Kier molecular flexibility index (Phi) is 8.32. The fourth-order valence-corrected chi connectivity index (χ4v) is 3.41. The van der Waals surface area contributed by atoms with Crippen molar-refractivity contribution in [2.75, 3.05) is 36.9 Å². The fraction of sp³-hybridized carbons (Fsp3) is 0.250. The Morgan fingerprint density at radius 3 is 2.89 bits per heavy atom. The van der Waals surface area contributed by atoms with Crippen LogP contribution in [0.5, 0.6) is 5.75 Å². The Labute approximate surface area is 205 Å². The van der Waals surface area contributed by atoms with Crippen LogP contribution in [0.15, 0.2) is 55.1 Å². The van der Waals surface area contributed by atoms with Crippen molar-refractivity contribution in [1.82, 2.24) is 25.1 Å². The van der Waals surface area contributed by atoms with Gasteiger partial charge in [0.25, 0.3) is 0 Å². The number of carbonyl (C=O) groups is 1. The molecule has 0 aliphatic heterocycles. The number of amides is 1. The van der Waals surface area contributed by atoms with Crippen LogP contribution in [-0.4, -0.2) is 57.1 Å². The van der Waals surface area contributed by atoms with E-state index in [-0.39, 0.29) is 18.8 Å². The zero-order chi connectivity index (χ0) is 25.3. The number of halogens is 2. The van der Waals surface area contributed by atoms with Crippen molar-refractivity contribution < 1.29 is 23.4 Å². The van der Waals surface area contributed by atoms with Crippen molar-refractivity contribution >= 4 is 34.0 Å². The summed E-state index contributed by atoms with van der Waals surface area (Å²) in [5.41, 5.74) is 1.03. The second-order valence-electron chi connectivity index (χ2n) is 7.78. The van der Waals surface area contributed by atoms with Gasteiger partial charge < -0.3 is 25.8 Å². The fourth-order valence-electron chi connectivity index (χ4n) is 3.41. The molecule has 2 heterocycles. The molecule has 36 heavy (non-hydrogen) atoms. The first-order chi connectivity index (χ1) is 17.5. The van der Waals surface area contributed by atoms with Gasteiger partial charge in [-0.15, -0.1) is 0 Å². The van der Waals surface area contributed by atoms with Gasteiger partial charge in [-0.1, -0.05) is 6.07 Å². The number of rotatable bonds is 12. The van der Waals surface area contributed by atoms with E-state index in [1.165, 1.54) is 29.3 Å². The molecule has 1 amide bonds. The molecule has 2 aromatic carbocycles. The summed E-state index contributed by atoms with van der Waals surface area (Å²) in [7, 11) is 0. The smallest absolute Gasteiger partial charge is 0.246 e. The summed E-state index contributed by atoms with van der Waals surface area (Å²) in [4.78, 5) is 20.8. The first-order valence-electron chi connectivity index (χ1n) is 11.3. The molecule has 0 radical (unpaired) electrons. The minimum Gasteiger partial charge on any atom is -0.493 e. The molecule has 188 valence electrons. The number of fused-ring (bicyclic) bond motifs is 1. The van der Waals surface area contributed by atoms with E-state index >= 15 is 0 Å². The van der Waals surface area contributed by atoms with E-state index in [2.05, 4.69) is 31.0 Å². The molecule has 0 fully saturated rings. The standard InChI is InChI=1S/C24H25F2N7O3/c25-19-3-1-4-20(23(19)26)32-22(35)14-33-13-16(12-30-33)31-24-18-6-5-17(11-21(18)28-15-29-24)36-10-2-7-27-8-9-34/h1,3-6,11-13,15,27,34H,2,7-10,14H2,(H,32,35)(H,28,29,31). The van der Waals surface area contributed by atoms with Crippen LogP contribution < -0.4 is 20.7 Å². The van der Waals surface area contributed by atoms with E-state index in [0.717, 1.165) is 24.4 Å². The maximum Gasteiger partial charge on any atom is 0.246 e. The molecule has 0 saturated heterocycles. The van der Waals surface area contributed by atoms with Gasteiger partial charge in [-0.3, -0.25) is 9.48 Å². The molecule has 4 rings (SSSR count). The Bertz CT molecular complexity index is 1330. The summed E-state index contributed by atoms with van der Waals surface area (Å²) in [5.74, 6) is -1.49. The second-order valence-corrected chi connectivity index (χ2v) is 7.78. The van der Waals surface area contributed by atoms with Gasteiger partial charge in [0.05, 0.1) is 36.3 Å². The summed E-state index contributed by atoms with van der Waals surface area (Å²) >= 11 is 0. The summed E-state index contributed by atoms with van der Waals surface area (Å²) in [5, 5.41) is 22.2. The lowest BCUT2D eigenvalue weighted by molar-refractivity contribution is -0.116. The van der Waals surface area contributed by atoms with Crippen molar-refractivity contribution in [1.29, 1.82) is 0 Å². The molecule has 0 unspecified atom stereocenters. The minimum atomic E-state index is -1.12. The van der Waals surface area contributed by atoms with Crippen molar-refractivity contribution in [3.05, 3.63) is 66.8 Å². The van der Waals surface area contributed by atoms with Gasteiger partial charge in [-0.2, -0.15) is 5.10 Å². The Morgan fingerprint density at radius 2 is 2.03 bits per heavy atom. The van der Waals surface area contributed by atoms with Crippen LogP contribution in [0.1, 0.15) is 6.42 Å². The third-order valence-corrected chi connectivity index (χ3v) is 5.09. The highest BCUT2D eigenvalue weighted by Gasteiger charge is 2.12. The third kappa shape index (κ3) is 6.49. The number of nitrogens with one attached hydrogen (secondary N) is 3. The predicted molar refractivity (Wildman–Crippen MR) is 130 cm³/mol. The van der Waals surface area contributed by atoms with Crippen LogP contribution in [0.3, 0.4) is 0 Å². The monoisotopic (exact) mass is 497 g/mol. The van der Waals surface area contributed by atoms with Gasteiger partial charge >= 0.3 is 0 Å². The molecular weight excluding hydrogens is 472 g/mol. The maximum atomic E-state index is 13.8. The summed E-state index contributed by atoms with van der Waals surface area (Å²) in [6, 6.07) is 9.06. The quantitative estimate of drug-likeness (QED) is 0.220. The Balaban J connectivity index is 1.36. The molecule has 0 aliphatic rings. The molecule has 0 aliphatic carbocycles. The van der Waals surface area contributed by atoms with Crippen molar-refractivity contribution in [3.8, 4) is 5.75 Å². The van der Waals surface area contributed by atoms with Gasteiger partial charge in [0, 0.05) is 24.2 Å². The number of nitrogens with zero attached hydrogens (tertiary/aromatic N) is 4. The normalized spacial score (nSPS) is 11.0. The topological polar surface area (TPSA) is 126 Å². The molecule has 4 aromatic rings. The molecule has 0 bridgehead atoms. The number of aliphatic hydroxyl groups is 1. The molecular formula is C24H25F2N7O3. The van der Waals surface area contributed by atoms with Crippen LogP contribution in [0, 0.1) is 11.6 Å². The van der Waals surface area contributed by atoms with Gasteiger partial charge in [0.1, 0.15) is 24.4 Å². The Morgan fingerprint density at radius 1 is 1.14 bits per heavy atom. The van der Waals surface area contributed by atoms with E-state index in [9.17, 15) is 13.6 Å². The van der Waals surface area contributed by atoms with Crippen LogP contribution in [0.25, 0.3) is 10.9 Å². The lowest BCUT2D eigenvalue weighted by Crippen LogP contribution is -2.20. The second kappa shape index (κ2) is 12.0. The minimum absolute atomic E-state index is 0.107. The lowest BCUT2D eigenvalue weighted by Gasteiger charge is -2.10. The molecule has 4 N–H and O–H groups in total. The molecule has 10 nitrogen and oxygen atoms in total. The van der Waals surface area contributed by atoms with Gasteiger partial charge in [0.2, 0.25) is 5.91 Å². The van der Waals surface area contributed by atoms with Crippen LogP contribution in [0.4, 0.5) is 26.0 Å². The summed E-state index contributed by atoms with van der Waals surface area (Å²) in [6.07, 6.45) is 5.34. The predicted octanol–water partition coefficient (Wildman–Crippen LogP) is 2.84. The van der Waals surface area contributed by atoms with E-state index in [1.54, 1.807) is 6.20 Å². The number of benzene rings is 2. The zero-order valence-corrected chi connectivity index (χ0v) is 19.2. The third-order valence-electron chi connectivity index (χ3n) is 5.09. The van der Waals surface area contributed by atoms with E-state index in [0.29, 0.717) is 35.9 Å². The Hall–Kier alpha value is -4.16. The molecule has 0 saturated carbocycles. The SMILES string of the molecule is O=C(Cn1cc(Nc2ncnc3cc(OCCCNCCO)ccc23)cn1)Nc1cccc(F)c1F. The highest BCUT2D eigenvalue weighted by Crippen LogP contribution is 2.26. The first-order valence-corrected chi connectivity index (χ1v) is 11.3. The number of carbonyl (C=O) groups excluding carboxylic acids is 1. The van der Waals surface area contributed by atoms with E-state index in [1.807, 2.05) is 18.2 Å². The largest absolute Gasteiger partial charge is 0.493 e. The molecule has 0 spiro atoms. The van der Waals surface area contributed by atoms with E-state index < -0.39 is 17.5 Å². The number of aliphatic hydroxyl groups excluding tert-OH is 1. The average Bonchev–Trinajstić information content (AvgIpc) is 3.30. The maximum absolute atomic E-state index is 13.8. The summed E-state index contributed by atoms with van der Waals surface area (Å²) in [6.45, 7) is 1.75. The molecule has 0 atom stereocenters. The average molecular weight is 498 g/mol. The van der Waals surface area contributed by atoms with Gasteiger partial charge in [0.15, 0.2) is 11.6 Å². The van der Waals surface area contributed by atoms with Crippen LogP contribution >= 0.6 is 0 Å². The van der Waals surface area contributed by atoms with Gasteiger partial charge in [-0.05, 0) is 37.2 Å². The van der Waals surface area contributed by atoms with Crippen LogP contribution in [-0.2, 0) is 11.3 Å². The highest BCUT2D eigenvalue weighted by molar-refractivity contribution is 5.92. The number of anilines is 3. The number of ether oxygens (including phenoxy) is 1. The van der Waals surface area contributed by atoms with E-state index in [4.69, 9.17) is 9.84 Å². The van der Waals surface area contributed by atoms with Crippen LogP contribution in [0.2, 0.25) is 0 Å². The number of hydrogen-bond donors (Lipinski definition) is 4. The molecule has 12 heteroatoms. The van der Waals surface area contributed by atoms with Crippen molar-refractivity contribution in [3.63, 3.8) is 0 Å². The number of hydrogen-bond acceptors (Lipinski definition) is 8. The number of aromatic nitrogens is 4. The van der Waals surface area contributed by atoms with Crippen molar-refractivity contribution in [2.24, 2.45) is 0 Å². The van der Waals surface area contributed by atoms with Gasteiger partial charge in [-0.25, -0.2) is 18.7 Å². The van der Waals surface area contributed by atoms with Crippen molar-refractivity contribution in [2.45, 2.75) is 13.0 Å². The zero-order valence-electron chi connectivity index (χ0n) is 19.2. The molecule has 2 aromatic heterocycles. The first kappa shape index (κ1) is 24.9. The lowest BCUT2D eigenvalue weighted by atomic mass is 10.2.